The molecule has 0 aliphatic rings. The lowest BCUT2D eigenvalue weighted by Gasteiger charge is -2.09. The molecule has 0 saturated carbocycles. The zero-order chi connectivity index (χ0) is 14.2. The summed E-state index contributed by atoms with van der Waals surface area (Å²) in [5, 5.41) is 4.01. The molecule has 0 unspecified atom stereocenters. The van der Waals surface area contributed by atoms with Crippen LogP contribution in [0.1, 0.15) is 0 Å². The number of halogens is 1. The van der Waals surface area contributed by atoms with Gasteiger partial charge in [-0.05, 0) is 36.4 Å². The second kappa shape index (κ2) is 4.75. The van der Waals surface area contributed by atoms with Crippen molar-refractivity contribution in [3.8, 4) is 0 Å². The summed E-state index contributed by atoms with van der Waals surface area (Å²) in [5.41, 5.74) is 3.67. The van der Waals surface area contributed by atoms with Crippen LogP contribution in [0.25, 0.3) is 16.7 Å². The minimum atomic E-state index is 0.706. The molecule has 2 aromatic carbocycles. The number of hydrogen-bond acceptors (Lipinski definition) is 3. The van der Waals surface area contributed by atoms with E-state index in [2.05, 4.69) is 15.3 Å². The number of nitrogens with zero attached hydrogens (tertiary/aromatic N) is 3. The topological polar surface area (TPSA) is 42.2 Å². The summed E-state index contributed by atoms with van der Waals surface area (Å²) in [6, 6.07) is 15.5. The van der Waals surface area contributed by atoms with E-state index in [1.54, 1.807) is 6.20 Å². The van der Waals surface area contributed by atoms with Gasteiger partial charge in [0.15, 0.2) is 11.5 Å². The maximum Gasteiger partial charge on any atom is 0.180 e. The van der Waals surface area contributed by atoms with Crippen LogP contribution in [-0.2, 0) is 0 Å². The van der Waals surface area contributed by atoms with Gasteiger partial charge in [0, 0.05) is 23.1 Å². The van der Waals surface area contributed by atoms with E-state index in [4.69, 9.17) is 11.6 Å². The van der Waals surface area contributed by atoms with Crippen LogP contribution in [0, 0.1) is 0 Å². The van der Waals surface area contributed by atoms with Crippen LogP contribution in [-0.4, -0.2) is 14.4 Å². The summed E-state index contributed by atoms with van der Waals surface area (Å²) in [4.78, 5) is 9.06. The Hall–Kier alpha value is -2.59. The maximum absolute atomic E-state index is 5.91. The average molecular weight is 295 g/mol. The number of hydrogen-bond donors (Lipinski definition) is 1. The van der Waals surface area contributed by atoms with Crippen molar-refractivity contribution in [1.29, 1.82) is 0 Å². The molecule has 0 saturated heterocycles. The maximum atomic E-state index is 5.91. The average Bonchev–Trinajstić information content (AvgIpc) is 3.00. The fourth-order valence-corrected chi connectivity index (χ4v) is 2.49. The lowest BCUT2D eigenvalue weighted by Crippen LogP contribution is -1.99. The van der Waals surface area contributed by atoms with Gasteiger partial charge in [-0.3, -0.25) is 4.40 Å². The van der Waals surface area contributed by atoms with Gasteiger partial charge in [0.2, 0.25) is 0 Å². The third-order valence-corrected chi connectivity index (χ3v) is 3.59. The second-order valence-corrected chi connectivity index (χ2v) is 5.14. The molecule has 0 fully saturated rings. The van der Waals surface area contributed by atoms with E-state index in [0.29, 0.717) is 5.02 Å². The molecule has 21 heavy (non-hydrogen) atoms. The van der Waals surface area contributed by atoms with Gasteiger partial charge in [0.05, 0.1) is 11.0 Å². The fraction of sp³-hybridized carbons (Fsp3) is 0. The van der Waals surface area contributed by atoms with Crippen LogP contribution in [0.15, 0.2) is 60.9 Å². The summed E-state index contributed by atoms with van der Waals surface area (Å²) >= 11 is 5.91. The molecule has 0 bridgehead atoms. The molecule has 4 aromatic rings. The molecule has 0 aliphatic heterocycles. The highest BCUT2D eigenvalue weighted by molar-refractivity contribution is 6.30. The Morgan fingerprint density at radius 2 is 1.81 bits per heavy atom. The van der Waals surface area contributed by atoms with E-state index in [1.165, 1.54) is 0 Å². The van der Waals surface area contributed by atoms with Gasteiger partial charge in [0.25, 0.3) is 0 Å². The van der Waals surface area contributed by atoms with E-state index in [9.17, 15) is 0 Å². The first-order valence-corrected chi connectivity index (χ1v) is 6.93. The Balaban J connectivity index is 1.90. The first kappa shape index (κ1) is 12.2. The Morgan fingerprint density at radius 1 is 1.00 bits per heavy atom. The van der Waals surface area contributed by atoms with E-state index >= 15 is 0 Å². The van der Waals surface area contributed by atoms with Crippen LogP contribution in [0.4, 0.5) is 11.5 Å². The highest BCUT2D eigenvalue weighted by atomic mass is 35.5. The molecular formula is C16H11ClN4. The van der Waals surface area contributed by atoms with E-state index < -0.39 is 0 Å². The molecule has 2 heterocycles. The predicted molar refractivity (Wildman–Crippen MR) is 85.2 cm³/mol. The van der Waals surface area contributed by atoms with Crippen molar-refractivity contribution in [2.75, 3.05) is 5.32 Å². The Labute approximate surface area is 126 Å². The van der Waals surface area contributed by atoms with Crippen LogP contribution in [0.3, 0.4) is 0 Å². The number of nitrogens with one attached hydrogen (secondary N) is 1. The number of rotatable bonds is 2. The number of anilines is 2. The second-order valence-electron chi connectivity index (χ2n) is 4.70. The van der Waals surface area contributed by atoms with Gasteiger partial charge in [-0.2, -0.15) is 0 Å². The van der Waals surface area contributed by atoms with Crippen LogP contribution < -0.4 is 5.32 Å². The highest BCUT2D eigenvalue weighted by Crippen LogP contribution is 2.24. The molecule has 0 amide bonds. The van der Waals surface area contributed by atoms with Crippen LogP contribution in [0.2, 0.25) is 5.02 Å². The first-order valence-electron chi connectivity index (χ1n) is 6.56. The zero-order valence-corrected chi connectivity index (χ0v) is 11.7. The van der Waals surface area contributed by atoms with Gasteiger partial charge in [-0.25, -0.2) is 9.97 Å². The Morgan fingerprint density at radius 3 is 2.67 bits per heavy atom. The first-order chi connectivity index (χ1) is 10.3. The molecule has 5 heteroatoms. The van der Waals surface area contributed by atoms with Crippen LogP contribution >= 0.6 is 11.6 Å². The summed E-state index contributed by atoms with van der Waals surface area (Å²) in [7, 11) is 0. The largest absolute Gasteiger partial charge is 0.337 e. The highest BCUT2D eigenvalue weighted by Gasteiger charge is 2.09. The number of fused-ring (bicyclic) bond motifs is 3. The van der Waals surface area contributed by atoms with Gasteiger partial charge in [-0.15, -0.1) is 0 Å². The molecule has 4 rings (SSSR count). The summed E-state index contributed by atoms with van der Waals surface area (Å²) in [6.07, 6.45) is 3.71. The lowest BCUT2D eigenvalue weighted by molar-refractivity contribution is 1.21. The van der Waals surface area contributed by atoms with Crippen molar-refractivity contribution in [3.63, 3.8) is 0 Å². The smallest absolute Gasteiger partial charge is 0.180 e. The number of imidazole rings is 1. The molecular weight excluding hydrogens is 284 g/mol. The van der Waals surface area contributed by atoms with Crippen molar-refractivity contribution < 1.29 is 0 Å². The third-order valence-electron chi connectivity index (χ3n) is 3.33. The minimum absolute atomic E-state index is 0.706. The van der Waals surface area contributed by atoms with Gasteiger partial charge in [0.1, 0.15) is 0 Å². The lowest BCUT2D eigenvalue weighted by atomic mass is 10.3. The van der Waals surface area contributed by atoms with E-state index in [0.717, 1.165) is 28.2 Å². The Bertz CT molecular complexity index is 928. The predicted octanol–water partition coefficient (Wildman–Crippen LogP) is 4.28. The quantitative estimate of drug-likeness (QED) is 0.600. The van der Waals surface area contributed by atoms with Crippen molar-refractivity contribution in [2.24, 2.45) is 0 Å². The fourth-order valence-electron chi connectivity index (χ4n) is 2.36. The summed E-state index contributed by atoms with van der Waals surface area (Å²) in [5.74, 6) is 0.723. The standard InChI is InChI=1S/C16H11ClN4/c17-11-5-7-12(8-6-11)19-15-16-18-9-10-21(16)14-4-2-1-3-13(14)20-15/h1-10H,(H,19,20). The number of para-hydroxylation sites is 2. The summed E-state index contributed by atoms with van der Waals surface area (Å²) in [6.45, 7) is 0. The number of aromatic nitrogens is 3. The third kappa shape index (κ3) is 2.10. The molecule has 0 atom stereocenters. The monoisotopic (exact) mass is 294 g/mol. The van der Waals surface area contributed by atoms with E-state index in [-0.39, 0.29) is 0 Å². The number of benzene rings is 2. The summed E-state index contributed by atoms with van der Waals surface area (Å²) < 4.78 is 2.03. The molecule has 0 spiro atoms. The normalized spacial score (nSPS) is 11.1. The molecule has 1 N–H and O–H groups in total. The van der Waals surface area contributed by atoms with Crippen LogP contribution in [0.5, 0.6) is 0 Å². The van der Waals surface area contributed by atoms with Crippen molar-refractivity contribution in [1.82, 2.24) is 14.4 Å². The molecule has 0 aliphatic carbocycles. The minimum Gasteiger partial charge on any atom is -0.337 e. The van der Waals surface area contributed by atoms with Gasteiger partial charge < -0.3 is 5.32 Å². The Kier molecular flexibility index (Phi) is 2.75. The molecule has 0 radical (unpaired) electrons. The van der Waals surface area contributed by atoms with E-state index in [1.807, 2.05) is 59.1 Å². The molecule has 102 valence electrons. The van der Waals surface area contributed by atoms with Gasteiger partial charge >= 0.3 is 0 Å². The molecule has 2 aromatic heterocycles. The van der Waals surface area contributed by atoms with Gasteiger partial charge in [-0.1, -0.05) is 23.7 Å². The van der Waals surface area contributed by atoms with Crippen molar-refractivity contribution in [3.05, 3.63) is 65.9 Å². The van der Waals surface area contributed by atoms with Crippen molar-refractivity contribution >= 4 is 39.8 Å². The van der Waals surface area contributed by atoms with Crippen molar-refractivity contribution in [2.45, 2.75) is 0 Å². The zero-order valence-electron chi connectivity index (χ0n) is 11.0. The SMILES string of the molecule is Clc1ccc(Nc2nc3ccccc3n3ccnc23)cc1. The molecule has 4 nitrogen and oxygen atoms in total.